The first kappa shape index (κ1) is 24.7. The number of hydrogen-bond donors (Lipinski definition) is 2. The Balaban J connectivity index is 1.72. The molecular formula is C27H26F3N5O2. The van der Waals surface area contributed by atoms with Crippen molar-refractivity contribution in [2.24, 2.45) is 5.92 Å². The van der Waals surface area contributed by atoms with Crippen LogP contribution in [0.3, 0.4) is 0 Å². The van der Waals surface area contributed by atoms with Gasteiger partial charge in [0, 0.05) is 18.2 Å². The Morgan fingerprint density at radius 2 is 1.81 bits per heavy atom. The second kappa shape index (κ2) is 9.17. The fraction of sp³-hybridized carbons (Fsp3) is 0.333. The highest BCUT2D eigenvalue weighted by molar-refractivity contribution is 5.92. The van der Waals surface area contributed by atoms with Crippen LogP contribution in [0.4, 0.5) is 19.0 Å². The molecule has 2 aromatic heterocycles. The van der Waals surface area contributed by atoms with Crippen LogP contribution in [0.25, 0.3) is 22.6 Å². The minimum Gasteiger partial charge on any atom is -0.475 e. The summed E-state index contributed by atoms with van der Waals surface area (Å²) in [5.74, 6) is -0.296. The molecule has 4 aromatic rings. The van der Waals surface area contributed by atoms with Gasteiger partial charge < -0.3 is 15.0 Å². The summed E-state index contributed by atoms with van der Waals surface area (Å²) in [6.07, 6.45) is -2.28. The molecule has 2 aromatic carbocycles. The second-order valence-corrected chi connectivity index (χ2v) is 9.61. The van der Waals surface area contributed by atoms with E-state index in [2.05, 4.69) is 15.3 Å². The van der Waals surface area contributed by atoms with Crippen molar-refractivity contribution in [1.82, 2.24) is 19.5 Å². The van der Waals surface area contributed by atoms with E-state index >= 15 is 0 Å². The molecule has 0 saturated heterocycles. The fourth-order valence-corrected chi connectivity index (χ4v) is 4.50. The number of aryl methyl sites for hydroxylation is 1. The number of nitrogens with one attached hydrogen (secondary N) is 1. The van der Waals surface area contributed by atoms with Gasteiger partial charge in [0.05, 0.1) is 5.56 Å². The lowest BCUT2D eigenvalue weighted by molar-refractivity contribution is -0.137. The number of benzene rings is 2. The van der Waals surface area contributed by atoms with E-state index in [1.807, 2.05) is 43.5 Å². The zero-order valence-electron chi connectivity index (χ0n) is 20.6. The van der Waals surface area contributed by atoms with Gasteiger partial charge in [-0.05, 0) is 68.4 Å². The molecule has 10 heteroatoms. The van der Waals surface area contributed by atoms with Crippen LogP contribution >= 0.6 is 0 Å². The summed E-state index contributed by atoms with van der Waals surface area (Å²) in [4.78, 5) is 25.1. The smallest absolute Gasteiger partial charge is 0.416 e. The average molecular weight is 510 g/mol. The molecule has 1 atom stereocenters. The summed E-state index contributed by atoms with van der Waals surface area (Å²) in [5.41, 5.74) is 3.47. The summed E-state index contributed by atoms with van der Waals surface area (Å²) >= 11 is 0. The van der Waals surface area contributed by atoms with Crippen molar-refractivity contribution < 1.29 is 23.1 Å². The first-order chi connectivity index (χ1) is 17.5. The monoisotopic (exact) mass is 509 g/mol. The molecule has 0 amide bonds. The highest BCUT2D eigenvalue weighted by Crippen LogP contribution is 2.36. The van der Waals surface area contributed by atoms with Crippen LogP contribution in [0.5, 0.6) is 0 Å². The van der Waals surface area contributed by atoms with Gasteiger partial charge in [0.1, 0.15) is 11.3 Å². The normalized spacial score (nSPS) is 14.6. The van der Waals surface area contributed by atoms with Gasteiger partial charge in [0.15, 0.2) is 11.5 Å². The van der Waals surface area contributed by atoms with Gasteiger partial charge in [-0.1, -0.05) is 30.3 Å². The Morgan fingerprint density at radius 1 is 1.11 bits per heavy atom. The van der Waals surface area contributed by atoms with Crippen molar-refractivity contribution in [3.63, 3.8) is 0 Å². The fourth-order valence-electron chi connectivity index (χ4n) is 4.50. The minimum absolute atomic E-state index is 0.0540. The van der Waals surface area contributed by atoms with Crippen LogP contribution in [-0.2, 0) is 12.7 Å². The Morgan fingerprint density at radius 3 is 2.43 bits per heavy atom. The number of halogens is 3. The van der Waals surface area contributed by atoms with Crippen LogP contribution in [0.15, 0.2) is 42.5 Å². The second-order valence-electron chi connectivity index (χ2n) is 9.61. The number of nitrogens with zero attached hydrogens (tertiary/aromatic N) is 4. The molecule has 2 heterocycles. The lowest BCUT2D eigenvalue weighted by Crippen LogP contribution is -2.20. The van der Waals surface area contributed by atoms with E-state index in [4.69, 9.17) is 4.98 Å². The zero-order valence-corrected chi connectivity index (χ0v) is 20.6. The van der Waals surface area contributed by atoms with E-state index in [0.717, 1.165) is 41.7 Å². The number of alkyl halides is 3. The number of imidazole rings is 1. The molecular weight excluding hydrogens is 483 g/mol. The maximum atomic E-state index is 13.1. The maximum Gasteiger partial charge on any atom is 0.416 e. The van der Waals surface area contributed by atoms with Crippen LogP contribution < -0.4 is 5.32 Å². The lowest BCUT2D eigenvalue weighted by Gasteiger charge is -2.17. The highest BCUT2D eigenvalue weighted by atomic mass is 19.4. The maximum absolute atomic E-state index is 13.1. The summed E-state index contributed by atoms with van der Waals surface area (Å²) in [7, 11) is 0. The number of aromatic carboxylic acids is 1. The van der Waals surface area contributed by atoms with Gasteiger partial charge in [0.2, 0.25) is 5.82 Å². The number of fused-ring (bicyclic) bond motifs is 1. The average Bonchev–Trinajstić information content (AvgIpc) is 3.63. The predicted octanol–water partition coefficient (Wildman–Crippen LogP) is 6.09. The van der Waals surface area contributed by atoms with Gasteiger partial charge in [-0.2, -0.15) is 13.2 Å². The molecule has 7 nitrogen and oxygen atoms in total. The molecule has 1 unspecified atom stereocenters. The Labute approximate surface area is 211 Å². The number of aromatic nitrogens is 4. The van der Waals surface area contributed by atoms with Crippen molar-refractivity contribution in [2.45, 2.75) is 52.4 Å². The summed E-state index contributed by atoms with van der Waals surface area (Å²) in [6.45, 7) is 6.16. The quantitative estimate of drug-likeness (QED) is 0.313. The minimum atomic E-state index is -4.43. The number of carbonyl (C=O) groups is 1. The number of anilines is 1. The summed E-state index contributed by atoms with van der Waals surface area (Å²) in [6, 6.07) is 10.8. The molecule has 0 aliphatic heterocycles. The zero-order chi connectivity index (χ0) is 26.5. The van der Waals surface area contributed by atoms with Gasteiger partial charge >= 0.3 is 12.1 Å². The van der Waals surface area contributed by atoms with E-state index in [9.17, 15) is 23.1 Å². The molecule has 1 saturated carbocycles. The van der Waals surface area contributed by atoms with Crippen molar-refractivity contribution in [2.75, 3.05) is 5.32 Å². The Kier molecular flexibility index (Phi) is 6.13. The van der Waals surface area contributed by atoms with Crippen LogP contribution in [0.2, 0.25) is 0 Å². The van der Waals surface area contributed by atoms with Crippen molar-refractivity contribution >= 4 is 23.0 Å². The number of carboxylic acid groups (broad SMARTS) is 1. The van der Waals surface area contributed by atoms with Crippen LogP contribution in [0, 0.1) is 19.8 Å². The van der Waals surface area contributed by atoms with Crippen LogP contribution in [-0.4, -0.2) is 36.6 Å². The molecule has 1 aliphatic rings. The van der Waals surface area contributed by atoms with Crippen molar-refractivity contribution in [1.29, 1.82) is 0 Å². The molecule has 0 bridgehead atoms. The predicted molar refractivity (Wildman–Crippen MR) is 134 cm³/mol. The first-order valence-electron chi connectivity index (χ1n) is 12.0. The lowest BCUT2D eigenvalue weighted by atomic mass is 10.0. The highest BCUT2D eigenvalue weighted by Gasteiger charge is 2.31. The topological polar surface area (TPSA) is 92.9 Å². The standard InChI is InChI=1S/C27H26F3N5O2/c1-14-5-4-6-20(15(14)2)25-34-23-21(35(25)13-17-7-11-19(12-8-17)27(28,29)30)22(31-16(3)18-9-10-18)32-24(33-23)26(36)37/h4-8,11-12,16,18H,9-10,13H2,1-3H3,(H,36,37)(H,31,32,33). The molecule has 1 aliphatic carbocycles. The third kappa shape index (κ3) is 4.87. The van der Waals surface area contributed by atoms with Gasteiger partial charge in [-0.15, -0.1) is 0 Å². The molecule has 5 rings (SSSR count). The molecule has 192 valence electrons. The third-order valence-electron chi connectivity index (χ3n) is 6.96. The Bertz CT molecular complexity index is 1490. The van der Waals surface area contributed by atoms with E-state index < -0.39 is 17.7 Å². The van der Waals surface area contributed by atoms with Gasteiger partial charge in [-0.25, -0.2) is 19.7 Å². The number of rotatable bonds is 7. The van der Waals surface area contributed by atoms with Gasteiger partial charge in [-0.3, -0.25) is 0 Å². The van der Waals surface area contributed by atoms with Crippen molar-refractivity contribution in [3.05, 3.63) is 70.5 Å². The third-order valence-corrected chi connectivity index (χ3v) is 6.96. The largest absolute Gasteiger partial charge is 0.475 e. The molecule has 2 N–H and O–H groups in total. The molecule has 37 heavy (non-hydrogen) atoms. The molecule has 1 fully saturated rings. The summed E-state index contributed by atoms with van der Waals surface area (Å²) in [5, 5.41) is 13.0. The Hall–Kier alpha value is -3.95. The SMILES string of the molecule is Cc1cccc(-c2nc3nc(C(=O)O)nc(NC(C)C4CC4)c3n2Cc2ccc(C(F)(F)F)cc2)c1C. The van der Waals surface area contributed by atoms with Gasteiger partial charge in [0.25, 0.3) is 0 Å². The molecule has 0 radical (unpaired) electrons. The van der Waals surface area contributed by atoms with E-state index in [-0.39, 0.29) is 24.1 Å². The number of carboxylic acids is 1. The van der Waals surface area contributed by atoms with E-state index in [0.29, 0.717) is 28.6 Å². The van der Waals surface area contributed by atoms with E-state index in [1.54, 1.807) is 0 Å². The number of hydrogen-bond acceptors (Lipinski definition) is 5. The summed E-state index contributed by atoms with van der Waals surface area (Å²) < 4.78 is 41.3. The molecule has 0 spiro atoms. The van der Waals surface area contributed by atoms with Crippen molar-refractivity contribution in [3.8, 4) is 11.4 Å². The van der Waals surface area contributed by atoms with Crippen LogP contribution in [0.1, 0.15) is 52.6 Å². The van der Waals surface area contributed by atoms with E-state index in [1.165, 1.54) is 12.1 Å². The first-order valence-corrected chi connectivity index (χ1v) is 12.0.